The topological polar surface area (TPSA) is 46.1 Å². The Morgan fingerprint density at radius 2 is 2.11 bits per heavy atom. The first-order chi connectivity index (χ1) is 8.83. The number of aromatic nitrogens is 2. The van der Waals surface area contributed by atoms with Crippen LogP contribution in [0.5, 0.6) is 0 Å². The molecule has 4 nitrogen and oxygen atoms in total. The summed E-state index contributed by atoms with van der Waals surface area (Å²) in [6.07, 6.45) is 9.22. The van der Waals surface area contributed by atoms with E-state index >= 15 is 0 Å². The molecule has 0 spiro atoms. The highest BCUT2D eigenvalue weighted by Crippen LogP contribution is 2.31. The average molecular weight is 245 g/mol. The van der Waals surface area contributed by atoms with E-state index in [-0.39, 0.29) is 0 Å². The van der Waals surface area contributed by atoms with Crippen molar-refractivity contribution >= 4 is 5.91 Å². The lowest BCUT2D eigenvalue weighted by atomic mass is 9.94. The van der Waals surface area contributed by atoms with Gasteiger partial charge in [-0.15, -0.1) is 0 Å². The molecule has 0 atom stereocenters. The van der Waals surface area contributed by atoms with Gasteiger partial charge in [0.1, 0.15) is 6.33 Å². The summed E-state index contributed by atoms with van der Waals surface area (Å²) in [6.45, 7) is 1.67. The fourth-order valence-electron chi connectivity index (χ4n) is 3.00. The summed E-state index contributed by atoms with van der Waals surface area (Å²) in [5.41, 5.74) is 1.06. The first-order valence-electron chi connectivity index (χ1n) is 6.86. The number of hydrogen-bond acceptors (Lipinski definition) is 3. The molecule has 1 aliphatic heterocycles. The number of amides is 1. The summed E-state index contributed by atoms with van der Waals surface area (Å²) in [6, 6.07) is 1.95. The molecule has 2 aliphatic rings. The number of carbonyl (C=O) groups is 1. The van der Waals surface area contributed by atoms with Crippen molar-refractivity contribution in [3.63, 3.8) is 0 Å². The molecule has 3 rings (SSSR count). The van der Waals surface area contributed by atoms with Crippen molar-refractivity contribution in [1.82, 2.24) is 14.9 Å². The van der Waals surface area contributed by atoms with Crippen molar-refractivity contribution in [2.45, 2.75) is 38.0 Å². The Labute approximate surface area is 107 Å². The molecule has 0 aromatic carbocycles. The van der Waals surface area contributed by atoms with Gasteiger partial charge in [0.05, 0.1) is 5.69 Å². The highest BCUT2D eigenvalue weighted by atomic mass is 16.2. The second kappa shape index (κ2) is 5.04. The van der Waals surface area contributed by atoms with Gasteiger partial charge in [-0.2, -0.15) is 0 Å². The predicted octanol–water partition coefficient (Wildman–Crippen LogP) is 1.98. The summed E-state index contributed by atoms with van der Waals surface area (Å²) >= 11 is 0. The maximum Gasteiger partial charge on any atom is 0.222 e. The van der Waals surface area contributed by atoms with Crippen molar-refractivity contribution in [2.24, 2.45) is 5.92 Å². The Morgan fingerprint density at radius 1 is 1.33 bits per heavy atom. The first-order valence-corrected chi connectivity index (χ1v) is 6.86. The molecule has 1 aromatic heterocycles. The number of carbonyl (C=O) groups excluding carboxylic acids is 1. The molecule has 0 bridgehead atoms. The summed E-state index contributed by atoms with van der Waals surface area (Å²) < 4.78 is 0. The molecule has 4 heteroatoms. The van der Waals surface area contributed by atoms with Crippen LogP contribution < -0.4 is 0 Å². The normalized spacial score (nSPS) is 21.0. The Hall–Kier alpha value is -1.45. The Balaban J connectivity index is 1.48. The van der Waals surface area contributed by atoms with Gasteiger partial charge < -0.3 is 4.90 Å². The zero-order chi connectivity index (χ0) is 12.4. The van der Waals surface area contributed by atoms with E-state index in [2.05, 4.69) is 9.97 Å². The third-order valence-electron chi connectivity index (χ3n) is 4.20. The fourth-order valence-corrected chi connectivity index (χ4v) is 3.00. The molecule has 96 valence electrons. The molecule has 1 saturated carbocycles. The highest BCUT2D eigenvalue weighted by Gasteiger charge is 2.33. The van der Waals surface area contributed by atoms with Crippen molar-refractivity contribution in [3.8, 4) is 0 Å². The van der Waals surface area contributed by atoms with Crippen LogP contribution in [0.25, 0.3) is 0 Å². The molecule has 1 saturated heterocycles. The molecule has 0 unspecified atom stereocenters. The van der Waals surface area contributed by atoms with Crippen LogP contribution in [0.1, 0.15) is 43.7 Å². The first kappa shape index (κ1) is 11.6. The van der Waals surface area contributed by atoms with Gasteiger partial charge in [-0.1, -0.05) is 12.8 Å². The van der Waals surface area contributed by atoms with E-state index in [1.807, 2.05) is 11.0 Å². The van der Waals surface area contributed by atoms with Crippen molar-refractivity contribution in [2.75, 3.05) is 13.1 Å². The van der Waals surface area contributed by atoms with Crippen LogP contribution in [0.4, 0.5) is 0 Å². The standard InChI is InChI=1S/C14H19N3O/c18-14(7-11-3-1-2-4-11)17-8-12(9-17)13-5-6-15-10-16-13/h5-6,10-12H,1-4,7-9H2. The third kappa shape index (κ3) is 2.37. The molecule has 0 N–H and O–H groups in total. The van der Waals surface area contributed by atoms with Crippen molar-refractivity contribution in [1.29, 1.82) is 0 Å². The second-order valence-corrected chi connectivity index (χ2v) is 5.48. The Bertz CT molecular complexity index is 408. The Morgan fingerprint density at radius 3 is 2.78 bits per heavy atom. The van der Waals surface area contributed by atoms with E-state index in [9.17, 15) is 4.79 Å². The van der Waals surface area contributed by atoms with Gasteiger partial charge >= 0.3 is 0 Å². The highest BCUT2D eigenvalue weighted by molar-refractivity contribution is 5.77. The zero-order valence-electron chi connectivity index (χ0n) is 10.6. The van der Waals surface area contributed by atoms with Gasteiger partial charge in [0.25, 0.3) is 0 Å². The minimum Gasteiger partial charge on any atom is -0.341 e. The van der Waals surface area contributed by atoms with Crippen LogP contribution in [0.3, 0.4) is 0 Å². The van der Waals surface area contributed by atoms with E-state index in [0.717, 1.165) is 25.2 Å². The molecule has 0 radical (unpaired) electrons. The summed E-state index contributed by atoms with van der Waals surface area (Å²) in [5.74, 6) is 1.41. The van der Waals surface area contributed by atoms with Gasteiger partial charge in [0.15, 0.2) is 0 Å². The SMILES string of the molecule is O=C(CC1CCCC1)N1CC(c2ccncn2)C1. The second-order valence-electron chi connectivity index (χ2n) is 5.48. The van der Waals surface area contributed by atoms with E-state index in [0.29, 0.717) is 17.7 Å². The van der Waals surface area contributed by atoms with Crippen molar-refractivity contribution in [3.05, 3.63) is 24.3 Å². The van der Waals surface area contributed by atoms with Crippen LogP contribution in [0.15, 0.2) is 18.6 Å². The number of likely N-dealkylation sites (tertiary alicyclic amines) is 1. The van der Waals surface area contributed by atoms with Gasteiger partial charge in [-0.25, -0.2) is 9.97 Å². The molecule has 1 aliphatic carbocycles. The van der Waals surface area contributed by atoms with Gasteiger partial charge in [0.2, 0.25) is 5.91 Å². The smallest absolute Gasteiger partial charge is 0.222 e. The lowest BCUT2D eigenvalue weighted by molar-refractivity contribution is -0.136. The van der Waals surface area contributed by atoms with Crippen LogP contribution in [0.2, 0.25) is 0 Å². The molecule has 18 heavy (non-hydrogen) atoms. The minimum atomic E-state index is 0.340. The predicted molar refractivity (Wildman–Crippen MR) is 67.9 cm³/mol. The monoisotopic (exact) mass is 245 g/mol. The Kier molecular flexibility index (Phi) is 3.26. The molecular weight excluding hydrogens is 226 g/mol. The van der Waals surface area contributed by atoms with Crippen LogP contribution >= 0.6 is 0 Å². The molecule has 2 heterocycles. The summed E-state index contributed by atoms with van der Waals surface area (Å²) in [5, 5.41) is 0. The summed E-state index contributed by atoms with van der Waals surface area (Å²) in [7, 11) is 0. The summed E-state index contributed by atoms with van der Waals surface area (Å²) in [4.78, 5) is 22.2. The molecule has 1 amide bonds. The van der Waals surface area contributed by atoms with E-state index < -0.39 is 0 Å². The molecular formula is C14H19N3O. The quantitative estimate of drug-likeness (QED) is 0.818. The fraction of sp³-hybridized carbons (Fsp3) is 0.643. The maximum atomic E-state index is 12.1. The third-order valence-corrected chi connectivity index (χ3v) is 4.20. The zero-order valence-corrected chi connectivity index (χ0v) is 10.6. The lowest BCUT2D eigenvalue weighted by Crippen LogP contribution is -2.49. The maximum absolute atomic E-state index is 12.1. The van der Waals surface area contributed by atoms with Crippen LogP contribution in [0, 0.1) is 5.92 Å². The van der Waals surface area contributed by atoms with E-state index in [4.69, 9.17) is 0 Å². The largest absolute Gasteiger partial charge is 0.341 e. The van der Waals surface area contributed by atoms with Gasteiger partial charge in [-0.3, -0.25) is 4.79 Å². The van der Waals surface area contributed by atoms with Crippen LogP contribution in [-0.2, 0) is 4.79 Å². The van der Waals surface area contributed by atoms with E-state index in [1.54, 1.807) is 12.5 Å². The van der Waals surface area contributed by atoms with Gasteiger partial charge in [-0.05, 0) is 24.8 Å². The van der Waals surface area contributed by atoms with Crippen LogP contribution in [-0.4, -0.2) is 33.9 Å². The lowest BCUT2D eigenvalue weighted by Gasteiger charge is -2.39. The van der Waals surface area contributed by atoms with Gasteiger partial charge in [0, 0.05) is 31.6 Å². The van der Waals surface area contributed by atoms with Crippen molar-refractivity contribution < 1.29 is 4.79 Å². The molecule has 1 aromatic rings. The number of hydrogen-bond donors (Lipinski definition) is 0. The molecule has 2 fully saturated rings. The number of rotatable bonds is 3. The van der Waals surface area contributed by atoms with E-state index in [1.165, 1.54) is 25.7 Å². The number of nitrogens with zero attached hydrogens (tertiary/aromatic N) is 3. The average Bonchev–Trinajstić information content (AvgIpc) is 2.81. The minimum absolute atomic E-state index is 0.340.